The Bertz CT molecular complexity index is 1110. The topological polar surface area (TPSA) is 53.4 Å². The molecule has 0 atom stereocenters. The maximum Gasteiger partial charge on any atom is 0.416 e. The molecule has 0 saturated heterocycles. The molecule has 3 rings (SSSR count). The highest BCUT2D eigenvalue weighted by Crippen LogP contribution is 2.49. The second-order valence-electron chi connectivity index (χ2n) is 10.6. The maximum atomic E-state index is 14.4. The summed E-state index contributed by atoms with van der Waals surface area (Å²) in [6.07, 6.45) is 2.30. The van der Waals surface area contributed by atoms with Gasteiger partial charge >= 0.3 is 12.1 Å². The van der Waals surface area contributed by atoms with Gasteiger partial charge in [-0.05, 0) is 68.2 Å². The molecule has 1 heterocycles. The Balaban J connectivity index is 2.46. The van der Waals surface area contributed by atoms with Gasteiger partial charge in [-0.15, -0.1) is 0 Å². The van der Waals surface area contributed by atoms with Gasteiger partial charge in [0.1, 0.15) is 11.4 Å². The lowest BCUT2D eigenvalue weighted by molar-refractivity contribution is -0.141. The third kappa shape index (κ3) is 5.83. The average Bonchev–Trinajstić information content (AvgIpc) is 3.12. The number of methoxy groups -OCH3 is 1. The van der Waals surface area contributed by atoms with E-state index in [0.717, 1.165) is 24.5 Å². The summed E-state index contributed by atoms with van der Waals surface area (Å²) >= 11 is 0. The van der Waals surface area contributed by atoms with Crippen molar-refractivity contribution in [1.29, 1.82) is 0 Å². The maximum absolute atomic E-state index is 14.4. The lowest BCUT2D eigenvalue weighted by Crippen LogP contribution is -2.25. The summed E-state index contributed by atoms with van der Waals surface area (Å²) in [4.78, 5) is 12.3. The van der Waals surface area contributed by atoms with Gasteiger partial charge < -0.3 is 9.47 Å². The number of rotatable bonds is 5. The van der Waals surface area contributed by atoms with Crippen molar-refractivity contribution in [3.63, 3.8) is 0 Å². The van der Waals surface area contributed by atoms with Crippen LogP contribution in [-0.4, -0.2) is 28.5 Å². The predicted molar refractivity (Wildman–Crippen MR) is 125 cm³/mol. The van der Waals surface area contributed by atoms with Gasteiger partial charge in [0, 0.05) is 24.4 Å². The van der Waals surface area contributed by atoms with Crippen LogP contribution in [0.4, 0.5) is 13.2 Å². The highest BCUT2D eigenvalue weighted by molar-refractivity contribution is 5.90. The normalized spacial score (nSPS) is 16.2. The number of halogens is 3. The summed E-state index contributed by atoms with van der Waals surface area (Å²) in [7, 11) is 2.92. The van der Waals surface area contributed by atoms with Gasteiger partial charge in [0.2, 0.25) is 0 Å². The van der Waals surface area contributed by atoms with Crippen LogP contribution in [0, 0.1) is 5.41 Å². The van der Waals surface area contributed by atoms with Crippen LogP contribution in [0.2, 0.25) is 0 Å². The lowest BCUT2D eigenvalue weighted by atomic mass is 9.74. The van der Waals surface area contributed by atoms with Crippen molar-refractivity contribution < 1.29 is 27.4 Å². The van der Waals surface area contributed by atoms with Crippen molar-refractivity contribution in [2.24, 2.45) is 12.5 Å². The Labute approximate surface area is 198 Å². The van der Waals surface area contributed by atoms with Crippen molar-refractivity contribution in [3.05, 3.63) is 41.2 Å². The van der Waals surface area contributed by atoms with E-state index >= 15 is 0 Å². The summed E-state index contributed by atoms with van der Waals surface area (Å²) in [5, 5.41) is 4.25. The Morgan fingerprint density at radius 3 is 2.35 bits per heavy atom. The number of esters is 1. The lowest BCUT2D eigenvalue weighted by Gasteiger charge is -2.32. The Morgan fingerprint density at radius 1 is 1.21 bits per heavy atom. The second-order valence-corrected chi connectivity index (χ2v) is 10.6. The molecule has 0 saturated carbocycles. The standard InChI is InChI=1S/C26H33F3N2O3/c1-24(2,3)34-20-13-19(26(27,28)29)18(12-21(32)33-7)22(16-8-10-25(4,5)11-9-16)23(20)17-14-30-31(6)15-17/h8,13-15H,9-12H2,1-7H3. The van der Waals surface area contributed by atoms with E-state index in [4.69, 9.17) is 9.47 Å². The first-order valence-electron chi connectivity index (χ1n) is 11.3. The highest BCUT2D eigenvalue weighted by atomic mass is 19.4. The first-order valence-corrected chi connectivity index (χ1v) is 11.3. The van der Waals surface area contributed by atoms with Crippen molar-refractivity contribution in [1.82, 2.24) is 9.78 Å². The molecule has 0 radical (unpaired) electrons. The molecule has 0 amide bonds. The van der Waals surface area contributed by atoms with Crippen LogP contribution in [-0.2, 0) is 29.2 Å². The largest absolute Gasteiger partial charge is 0.487 e. The molecule has 0 fully saturated rings. The van der Waals surface area contributed by atoms with Gasteiger partial charge in [0.25, 0.3) is 0 Å². The van der Waals surface area contributed by atoms with E-state index in [1.54, 1.807) is 44.9 Å². The number of carbonyl (C=O) groups excluding carboxylic acids is 1. The number of hydrogen-bond acceptors (Lipinski definition) is 4. The molecule has 186 valence electrons. The molecular weight excluding hydrogens is 445 g/mol. The van der Waals surface area contributed by atoms with Gasteiger partial charge in [-0.3, -0.25) is 9.48 Å². The van der Waals surface area contributed by atoms with E-state index in [1.807, 2.05) is 6.08 Å². The number of carbonyl (C=O) groups is 1. The number of aromatic nitrogens is 2. The summed E-state index contributed by atoms with van der Waals surface area (Å²) < 4.78 is 55.6. The molecule has 1 aliphatic carbocycles. The summed E-state index contributed by atoms with van der Waals surface area (Å²) in [6, 6.07) is 1.02. The fourth-order valence-electron chi connectivity index (χ4n) is 4.26. The molecule has 0 spiro atoms. The number of nitrogens with zero attached hydrogens (tertiary/aromatic N) is 2. The Hall–Kier alpha value is -2.77. The average molecular weight is 479 g/mol. The zero-order valence-corrected chi connectivity index (χ0v) is 20.9. The molecule has 0 unspecified atom stereocenters. The molecular formula is C26H33F3N2O3. The van der Waals surface area contributed by atoms with Gasteiger partial charge in [-0.1, -0.05) is 19.9 Å². The van der Waals surface area contributed by atoms with Crippen molar-refractivity contribution in [2.45, 2.75) is 72.1 Å². The fraction of sp³-hybridized carbons (Fsp3) is 0.538. The Kier molecular flexibility index (Phi) is 6.93. The second kappa shape index (κ2) is 9.12. The fourth-order valence-corrected chi connectivity index (χ4v) is 4.26. The minimum Gasteiger partial charge on any atom is -0.487 e. The molecule has 8 heteroatoms. The molecule has 1 aromatic carbocycles. The number of hydrogen-bond donors (Lipinski definition) is 0. The molecule has 0 aliphatic heterocycles. The number of benzene rings is 1. The highest BCUT2D eigenvalue weighted by Gasteiger charge is 2.39. The quantitative estimate of drug-likeness (QED) is 0.455. The van der Waals surface area contributed by atoms with Gasteiger partial charge in [0.15, 0.2) is 0 Å². The van der Waals surface area contributed by atoms with E-state index in [2.05, 4.69) is 18.9 Å². The van der Waals surface area contributed by atoms with Crippen LogP contribution in [0.15, 0.2) is 24.5 Å². The summed E-state index contributed by atoms with van der Waals surface area (Å²) in [5.41, 5.74) is 0.639. The molecule has 0 N–H and O–H groups in total. The zero-order chi connectivity index (χ0) is 25.5. The number of allylic oxidation sites excluding steroid dienone is 2. The molecule has 0 bridgehead atoms. The van der Waals surface area contributed by atoms with Crippen molar-refractivity contribution in [2.75, 3.05) is 7.11 Å². The number of ether oxygens (including phenoxy) is 2. The van der Waals surface area contributed by atoms with Crippen LogP contribution < -0.4 is 4.74 Å². The van der Waals surface area contributed by atoms with E-state index in [1.165, 1.54) is 7.11 Å². The molecule has 34 heavy (non-hydrogen) atoms. The minimum absolute atomic E-state index is 0.0485. The third-order valence-corrected chi connectivity index (χ3v) is 5.96. The number of alkyl halides is 3. The molecule has 5 nitrogen and oxygen atoms in total. The monoisotopic (exact) mass is 478 g/mol. The van der Waals surface area contributed by atoms with Crippen LogP contribution in [0.3, 0.4) is 0 Å². The molecule has 1 aromatic heterocycles. The summed E-state index contributed by atoms with van der Waals surface area (Å²) in [5.74, 6) is -0.618. The van der Waals surface area contributed by atoms with Crippen molar-refractivity contribution in [3.8, 4) is 16.9 Å². The Morgan fingerprint density at radius 2 is 1.88 bits per heavy atom. The smallest absolute Gasteiger partial charge is 0.416 e. The van der Waals surface area contributed by atoms with Crippen molar-refractivity contribution >= 4 is 11.5 Å². The predicted octanol–water partition coefficient (Wildman–Crippen LogP) is 6.59. The van der Waals surface area contributed by atoms with Crippen LogP contribution >= 0.6 is 0 Å². The number of aryl methyl sites for hydroxylation is 1. The SMILES string of the molecule is COC(=O)Cc1c(C(F)(F)F)cc(OC(C)(C)C)c(-c2cnn(C)c2)c1C1=CCC(C)(C)CC1. The van der Waals surface area contributed by atoms with E-state index < -0.39 is 29.7 Å². The third-order valence-electron chi connectivity index (χ3n) is 5.96. The van der Waals surface area contributed by atoms with Crippen LogP contribution in [0.25, 0.3) is 16.7 Å². The minimum atomic E-state index is -4.68. The molecule has 2 aromatic rings. The van der Waals surface area contributed by atoms with E-state index in [9.17, 15) is 18.0 Å². The van der Waals surface area contributed by atoms with E-state index in [-0.39, 0.29) is 16.7 Å². The van der Waals surface area contributed by atoms with Crippen LogP contribution in [0.1, 0.15) is 70.6 Å². The van der Waals surface area contributed by atoms with Gasteiger partial charge in [-0.2, -0.15) is 18.3 Å². The zero-order valence-electron chi connectivity index (χ0n) is 20.9. The molecule has 1 aliphatic rings. The van der Waals surface area contributed by atoms with Gasteiger partial charge in [-0.25, -0.2) is 0 Å². The first kappa shape index (κ1) is 25.8. The first-order chi connectivity index (χ1) is 15.6. The summed E-state index contributed by atoms with van der Waals surface area (Å²) in [6.45, 7) is 9.64. The van der Waals surface area contributed by atoms with Crippen LogP contribution in [0.5, 0.6) is 5.75 Å². The van der Waals surface area contributed by atoms with E-state index in [0.29, 0.717) is 23.1 Å². The van der Waals surface area contributed by atoms with Gasteiger partial charge in [0.05, 0.1) is 25.3 Å².